The Bertz CT molecular complexity index is 662. The van der Waals surface area contributed by atoms with Crippen LogP contribution in [0.15, 0.2) is 30.5 Å². The van der Waals surface area contributed by atoms with Crippen molar-refractivity contribution in [3.63, 3.8) is 0 Å². The summed E-state index contributed by atoms with van der Waals surface area (Å²) in [5.41, 5.74) is 1.23. The second-order valence-electron chi connectivity index (χ2n) is 6.15. The van der Waals surface area contributed by atoms with Gasteiger partial charge in [-0.05, 0) is 38.1 Å². The number of morpholine rings is 1. The number of carbonyl (C=O) groups is 1. The number of benzene rings is 1. The van der Waals surface area contributed by atoms with Crippen molar-refractivity contribution in [1.29, 1.82) is 0 Å². The predicted molar refractivity (Wildman–Crippen MR) is 80.2 cm³/mol. The zero-order valence-electron chi connectivity index (χ0n) is 12.3. The predicted octanol–water partition coefficient (Wildman–Crippen LogP) is 1.78. The van der Waals surface area contributed by atoms with Crippen LogP contribution < -0.4 is 0 Å². The van der Waals surface area contributed by atoms with Gasteiger partial charge in [0.05, 0.1) is 18.3 Å². The Morgan fingerprint density at radius 3 is 3.05 bits per heavy atom. The highest BCUT2D eigenvalue weighted by Gasteiger charge is 2.35. The summed E-state index contributed by atoms with van der Waals surface area (Å²) in [4.78, 5) is 17.6. The molecule has 0 radical (unpaired) electrons. The van der Waals surface area contributed by atoms with Crippen LogP contribution in [-0.4, -0.2) is 52.3 Å². The topological polar surface area (TPSA) is 65.6 Å². The first-order chi connectivity index (χ1) is 9.98. The molecular formula is C16H20N2O3. The Morgan fingerprint density at radius 1 is 1.48 bits per heavy atom. The standard InChI is InChI=1S/C16H20N2O3/c1-16(2)10-18(8-13(9-19)21-16)15(20)12-3-4-14-11(7-12)5-6-17-14/h3-7,13,17,19H,8-10H2,1-2H3. The highest BCUT2D eigenvalue weighted by atomic mass is 16.5. The van der Waals surface area contributed by atoms with Crippen molar-refractivity contribution < 1.29 is 14.6 Å². The van der Waals surface area contributed by atoms with E-state index in [1.807, 2.05) is 44.3 Å². The second-order valence-corrected chi connectivity index (χ2v) is 6.15. The summed E-state index contributed by atoms with van der Waals surface area (Å²) in [6, 6.07) is 7.59. The van der Waals surface area contributed by atoms with Crippen LogP contribution in [0.4, 0.5) is 0 Å². The van der Waals surface area contributed by atoms with Gasteiger partial charge in [0, 0.05) is 35.8 Å². The summed E-state index contributed by atoms with van der Waals surface area (Å²) in [6.45, 7) is 4.73. The first kappa shape index (κ1) is 14.1. The number of rotatable bonds is 2. The van der Waals surface area contributed by atoms with Crippen LogP contribution in [0.5, 0.6) is 0 Å². The van der Waals surface area contributed by atoms with Crippen molar-refractivity contribution in [2.75, 3.05) is 19.7 Å². The molecule has 1 aliphatic rings. The molecule has 1 aliphatic heterocycles. The number of aromatic nitrogens is 1. The Balaban J connectivity index is 1.86. The molecule has 1 unspecified atom stereocenters. The molecule has 5 heteroatoms. The van der Waals surface area contributed by atoms with Gasteiger partial charge >= 0.3 is 0 Å². The lowest BCUT2D eigenvalue weighted by Gasteiger charge is -2.42. The van der Waals surface area contributed by atoms with Crippen LogP contribution in [0, 0.1) is 0 Å². The molecule has 112 valence electrons. The van der Waals surface area contributed by atoms with Crippen LogP contribution in [0.2, 0.25) is 0 Å². The maximum atomic E-state index is 12.7. The van der Waals surface area contributed by atoms with Crippen LogP contribution in [-0.2, 0) is 4.74 Å². The molecular weight excluding hydrogens is 268 g/mol. The summed E-state index contributed by atoms with van der Waals surface area (Å²) in [6.07, 6.45) is 1.53. The van der Waals surface area contributed by atoms with Gasteiger partial charge in [0.1, 0.15) is 0 Å². The molecule has 2 N–H and O–H groups in total. The molecule has 5 nitrogen and oxygen atoms in total. The van der Waals surface area contributed by atoms with E-state index in [2.05, 4.69) is 4.98 Å². The molecule has 1 aromatic heterocycles. The summed E-state index contributed by atoms with van der Waals surface area (Å²) in [5.74, 6) is -0.0204. The van der Waals surface area contributed by atoms with Gasteiger partial charge in [0.2, 0.25) is 0 Å². The summed E-state index contributed by atoms with van der Waals surface area (Å²) in [7, 11) is 0. The van der Waals surface area contributed by atoms with Gasteiger partial charge < -0.3 is 19.7 Å². The molecule has 0 bridgehead atoms. The summed E-state index contributed by atoms with van der Waals surface area (Å²) >= 11 is 0. The van der Waals surface area contributed by atoms with Crippen molar-refractivity contribution in [2.45, 2.75) is 25.6 Å². The molecule has 3 rings (SSSR count). The van der Waals surface area contributed by atoms with Gasteiger partial charge in [-0.3, -0.25) is 4.79 Å². The molecule has 1 saturated heterocycles. The Kier molecular flexibility index (Phi) is 3.47. The number of ether oxygens (including phenoxy) is 1. The Morgan fingerprint density at radius 2 is 2.29 bits per heavy atom. The molecule has 1 atom stereocenters. The number of nitrogens with one attached hydrogen (secondary N) is 1. The Hall–Kier alpha value is -1.85. The molecule has 21 heavy (non-hydrogen) atoms. The van der Waals surface area contributed by atoms with E-state index in [0.717, 1.165) is 10.9 Å². The normalized spacial score (nSPS) is 21.7. The Labute approximate surface area is 123 Å². The van der Waals surface area contributed by atoms with Crippen molar-refractivity contribution in [1.82, 2.24) is 9.88 Å². The number of aliphatic hydroxyl groups excluding tert-OH is 1. The van der Waals surface area contributed by atoms with Crippen molar-refractivity contribution in [2.24, 2.45) is 0 Å². The van der Waals surface area contributed by atoms with E-state index in [9.17, 15) is 9.90 Å². The minimum atomic E-state index is -0.445. The third-order valence-corrected chi connectivity index (χ3v) is 3.77. The highest BCUT2D eigenvalue weighted by molar-refractivity contribution is 5.98. The second kappa shape index (κ2) is 5.16. The molecule has 1 amide bonds. The highest BCUT2D eigenvalue weighted by Crippen LogP contribution is 2.23. The average molecular weight is 288 g/mol. The number of carbonyl (C=O) groups excluding carboxylic acids is 1. The monoisotopic (exact) mass is 288 g/mol. The first-order valence-electron chi connectivity index (χ1n) is 7.14. The van der Waals surface area contributed by atoms with Crippen molar-refractivity contribution in [3.8, 4) is 0 Å². The quantitative estimate of drug-likeness (QED) is 0.885. The molecule has 2 aromatic rings. The molecule has 0 spiro atoms. The number of aliphatic hydroxyl groups is 1. The fourth-order valence-electron chi connectivity index (χ4n) is 2.91. The molecule has 0 saturated carbocycles. The number of fused-ring (bicyclic) bond motifs is 1. The minimum Gasteiger partial charge on any atom is -0.394 e. The number of H-pyrrole nitrogens is 1. The molecule has 0 aliphatic carbocycles. The van der Waals surface area contributed by atoms with Crippen LogP contribution >= 0.6 is 0 Å². The van der Waals surface area contributed by atoms with Gasteiger partial charge in [-0.25, -0.2) is 0 Å². The largest absolute Gasteiger partial charge is 0.394 e. The minimum absolute atomic E-state index is 0.0204. The smallest absolute Gasteiger partial charge is 0.254 e. The lowest BCUT2D eigenvalue weighted by Crippen LogP contribution is -2.55. The van der Waals surface area contributed by atoms with Gasteiger partial charge in [-0.2, -0.15) is 0 Å². The van der Waals surface area contributed by atoms with Crippen LogP contribution in [0.1, 0.15) is 24.2 Å². The van der Waals surface area contributed by atoms with E-state index in [-0.39, 0.29) is 18.6 Å². The maximum absolute atomic E-state index is 12.7. The average Bonchev–Trinajstić information content (AvgIpc) is 2.92. The van der Waals surface area contributed by atoms with Crippen molar-refractivity contribution in [3.05, 3.63) is 36.0 Å². The third kappa shape index (κ3) is 2.80. The van der Waals surface area contributed by atoms with Crippen molar-refractivity contribution >= 4 is 16.8 Å². The molecule has 1 aromatic carbocycles. The van der Waals surface area contributed by atoms with Gasteiger partial charge in [-0.15, -0.1) is 0 Å². The zero-order valence-corrected chi connectivity index (χ0v) is 12.3. The van der Waals surface area contributed by atoms with Gasteiger partial charge in [0.25, 0.3) is 5.91 Å². The third-order valence-electron chi connectivity index (χ3n) is 3.77. The van der Waals surface area contributed by atoms with E-state index in [0.29, 0.717) is 18.7 Å². The van der Waals surface area contributed by atoms with Crippen LogP contribution in [0.25, 0.3) is 10.9 Å². The fourth-order valence-corrected chi connectivity index (χ4v) is 2.91. The van der Waals surface area contributed by atoms with E-state index >= 15 is 0 Å². The maximum Gasteiger partial charge on any atom is 0.254 e. The number of amides is 1. The van der Waals surface area contributed by atoms with E-state index in [1.54, 1.807) is 4.90 Å². The lowest BCUT2D eigenvalue weighted by molar-refractivity contribution is -0.139. The number of hydrogen-bond donors (Lipinski definition) is 2. The molecule has 1 fully saturated rings. The summed E-state index contributed by atoms with van der Waals surface area (Å²) < 4.78 is 5.75. The first-order valence-corrected chi connectivity index (χ1v) is 7.14. The van der Waals surface area contributed by atoms with E-state index in [1.165, 1.54) is 0 Å². The SMILES string of the molecule is CC1(C)CN(C(=O)c2ccc3[nH]ccc3c2)CC(CO)O1. The van der Waals surface area contributed by atoms with Crippen LogP contribution in [0.3, 0.4) is 0 Å². The zero-order chi connectivity index (χ0) is 15.0. The fraction of sp³-hybridized carbons (Fsp3) is 0.438. The lowest BCUT2D eigenvalue weighted by atomic mass is 10.0. The van der Waals surface area contributed by atoms with E-state index in [4.69, 9.17) is 4.74 Å². The van der Waals surface area contributed by atoms with Gasteiger partial charge in [0.15, 0.2) is 0 Å². The number of aromatic amines is 1. The van der Waals surface area contributed by atoms with Gasteiger partial charge in [-0.1, -0.05) is 0 Å². The number of nitrogens with zero attached hydrogens (tertiary/aromatic N) is 1. The number of hydrogen-bond acceptors (Lipinski definition) is 3. The van der Waals surface area contributed by atoms with E-state index < -0.39 is 5.60 Å². The summed E-state index contributed by atoms with van der Waals surface area (Å²) in [5, 5.41) is 10.4. The molecule has 2 heterocycles.